The molecule has 0 unspecified atom stereocenters. The minimum Gasteiger partial charge on any atom is -0.348 e. The van der Waals surface area contributed by atoms with Crippen LogP contribution in [0.4, 0.5) is 5.13 Å². The third-order valence-electron chi connectivity index (χ3n) is 3.61. The Kier molecular flexibility index (Phi) is 4.40. The Morgan fingerprint density at radius 2 is 2.06 bits per heavy atom. The number of anilines is 1. The van der Waals surface area contributed by atoms with Crippen LogP contribution >= 0.6 is 11.3 Å². The van der Waals surface area contributed by atoms with E-state index in [1.807, 2.05) is 11.3 Å². The lowest BCUT2D eigenvalue weighted by molar-refractivity contribution is 0.374. The molecule has 1 aromatic heterocycles. The van der Waals surface area contributed by atoms with Crippen LogP contribution in [0.2, 0.25) is 0 Å². The first kappa shape index (κ1) is 12.8. The largest absolute Gasteiger partial charge is 0.348 e. The fraction of sp³-hybridized carbons (Fsp3) is 0.769. The van der Waals surface area contributed by atoms with E-state index in [1.165, 1.54) is 48.2 Å². The maximum atomic E-state index is 4.68. The molecule has 0 aliphatic carbocycles. The third-order valence-corrected chi connectivity index (χ3v) is 4.74. The van der Waals surface area contributed by atoms with Crippen molar-refractivity contribution in [2.24, 2.45) is 5.92 Å². The molecule has 17 heavy (non-hydrogen) atoms. The highest BCUT2D eigenvalue weighted by Crippen LogP contribution is 2.26. The topological polar surface area (TPSA) is 28.2 Å². The lowest BCUT2D eigenvalue weighted by Crippen LogP contribution is -2.36. The van der Waals surface area contributed by atoms with Gasteiger partial charge >= 0.3 is 0 Å². The molecule has 2 heterocycles. The Morgan fingerprint density at radius 3 is 2.59 bits per heavy atom. The van der Waals surface area contributed by atoms with Crippen LogP contribution in [-0.4, -0.2) is 31.2 Å². The van der Waals surface area contributed by atoms with Gasteiger partial charge in [-0.1, -0.05) is 0 Å². The van der Waals surface area contributed by atoms with Crippen molar-refractivity contribution in [1.82, 2.24) is 10.3 Å². The fourth-order valence-corrected chi connectivity index (χ4v) is 3.29. The van der Waals surface area contributed by atoms with Crippen LogP contribution in [0.3, 0.4) is 0 Å². The molecule has 0 aromatic carbocycles. The van der Waals surface area contributed by atoms with Crippen molar-refractivity contribution in [2.75, 3.05) is 31.1 Å². The molecular formula is C13H23N3S. The monoisotopic (exact) mass is 253 g/mol. The van der Waals surface area contributed by atoms with Gasteiger partial charge in [-0.25, -0.2) is 4.98 Å². The number of hydrogen-bond donors (Lipinski definition) is 1. The predicted molar refractivity (Wildman–Crippen MR) is 75.1 cm³/mol. The average molecular weight is 253 g/mol. The molecule has 2 rings (SSSR count). The molecular weight excluding hydrogens is 230 g/mol. The molecule has 1 fully saturated rings. The van der Waals surface area contributed by atoms with Gasteiger partial charge in [0.1, 0.15) is 0 Å². The fourth-order valence-electron chi connectivity index (χ4n) is 2.31. The van der Waals surface area contributed by atoms with Gasteiger partial charge in [-0.2, -0.15) is 0 Å². The molecule has 1 aliphatic heterocycles. The van der Waals surface area contributed by atoms with Gasteiger partial charge in [-0.05, 0) is 52.6 Å². The second-order valence-electron chi connectivity index (χ2n) is 4.87. The van der Waals surface area contributed by atoms with Gasteiger partial charge in [0, 0.05) is 18.0 Å². The minimum atomic E-state index is 0.834. The Bertz CT molecular complexity index is 336. The van der Waals surface area contributed by atoms with Crippen molar-refractivity contribution in [3.05, 3.63) is 10.6 Å². The van der Waals surface area contributed by atoms with Crippen LogP contribution in [0.25, 0.3) is 0 Å². The second-order valence-corrected chi connectivity index (χ2v) is 6.05. The highest BCUT2D eigenvalue weighted by atomic mass is 32.1. The van der Waals surface area contributed by atoms with Gasteiger partial charge in [0.25, 0.3) is 0 Å². The van der Waals surface area contributed by atoms with E-state index >= 15 is 0 Å². The van der Waals surface area contributed by atoms with E-state index in [-0.39, 0.29) is 0 Å². The summed E-state index contributed by atoms with van der Waals surface area (Å²) in [5.41, 5.74) is 1.19. The first-order valence-electron chi connectivity index (χ1n) is 6.60. The second kappa shape index (κ2) is 5.83. The van der Waals surface area contributed by atoms with E-state index in [9.17, 15) is 0 Å². The first-order valence-corrected chi connectivity index (χ1v) is 7.42. The Balaban J connectivity index is 2.00. The Labute approximate surface area is 108 Å². The molecule has 1 aliphatic rings. The summed E-state index contributed by atoms with van der Waals surface area (Å²) >= 11 is 1.83. The SMILES string of the molecule is CCN(CC1CCNCC1)c1nc(C)c(C)s1. The van der Waals surface area contributed by atoms with Gasteiger partial charge < -0.3 is 10.2 Å². The number of aromatic nitrogens is 1. The summed E-state index contributed by atoms with van der Waals surface area (Å²) < 4.78 is 0. The maximum absolute atomic E-state index is 4.68. The molecule has 1 N–H and O–H groups in total. The zero-order valence-electron chi connectivity index (χ0n) is 11.1. The maximum Gasteiger partial charge on any atom is 0.185 e. The number of nitrogens with zero attached hydrogens (tertiary/aromatic N) is 2. The van der Waals surface area contributed by atoms with Crippen LogP contribution in [-0.2, 0) is 0 Å². The van der Waals surface area contributed by atoms with E-state index in [1.54, 1.807) is 0 Å². The van der Waals surface area contributed by atoms with Crippen molar-refractivity contribution in [2.45, 2.75) is 33.6 Å². The molecule has 4 heteroatoms. The Morgan fingerprint density at radius 1 is 1.35 bits per heavy atom. The van der Waals surface area contributed by atoms with E-state index < -0.39 is 0 Å². The molecule has 1 aromatic rings. The van der Waals surface area contributed by atoms with Crippen LogP contribution in [0, 0.1) is 19.8 Å². The van der Waals surface area contributed by atoms with Crippen molar-refractivity contribution >= 4 is 16.5 Å². The number of aryl methyl sites for hydroxylation is 2. The summed E-state index contributed by atoms with van der Waals surface area (Å²) in [6.07, 6.45) is 2.61. The highest BCUT2D eigenvalue weighted by molar-refractivity contribution is 7.15. The van der Waals surface area contributed by atoms with Gasteiger partial charge in [0.15, 0.2) is 5.13 Å². The van der Waals surface area contributed by atoms with Crippen LogP contribution < -0.4 is 10.2 Å². The number of thiazole rings is 1. The van der Waals surface area contributed by atoms with Gasteiger partial charge in [0.2, 0.25) is 0 Å². The number of nitrogens with one attached hydrogen (secondary N) is 1. The molecule has 0 saturated carbocycles. The molecule has 3 nitrogen and oxygen atoms in total. The zero-order chi connectivity index (χ0) is 12.3. The molecule has 96 valence electrons. The van der Waals surface area contributed by atoms with Crippen LogP contribution in [0.15, 0.2) is 0 Å². The third kappa shape index (κ3) is 3.19. The van der Waals surface area contributed by atoms with Crippen molar-refractivity contribution < 1.29 is 0 Å². The molecule has 0 bridgehead atoms. The van der Waals surface area contributed by atoms with Crippen LogP contribution in [0.5, 0.6) is 0 Å². The Hall–Kier alpha value is -0.610. The van der Waals surface area contributed by atoms with Crippen molar-refractivity contribution in [3.8, 4) is 0 Å². The minimum absolute atomic E-state index is 0.834. The first-order chi connectivity index (χ1) is 8.20. The smallest absolute Gasteiger partial charge is 0.185 e. The van der Waals surface area contributed by atoms with E-state index in [0.29, 0.717) is 0 Å². The van der Waals surface area contributed by atoms with Gasteiger partial charge in [-0.15, -0.1) is 11.3 Å². The number of piperidine rings is 1. The summed E-state index contributed by atoms with van der Waals surface area (Å²) in [7, 11) is 0. The summed E-state index contributed by atoms with van der Waals surface area (Å²) in [6.45, 7) is 11.1. The summed E-state index contributed by atoms with van der Waals surface area (Å²) in [4.78, 5) is 8.47. The number of hydrogen-bond acceptors (Lipinski definition) is 4. The lowest BCUT2D eigenvalue weighted by atomic mass is 9.98. The zero-order valence-corrected chi connectivity index (χ0v) is 11.9. The lowest BCUT2D eigenvalue weighted by Gasteiger charge is -2.29. The van der Waals surface area contributed by atoms with Crippen molar-refractivity contribution in [1.29, 1.82) is 0 Å². The summed E-state index contributed by atoms with van der Waals surface area (Å²) in [5.74, 6) is 0.834. The molecule has 0 amide bonds. The van der Waals surface area contributed by atoms with E-state index in [2.05, 4.69) is 36.0 Å². The number of rotatable bonds is 4. The van der Waals surface area contributed by atoms with E-state index in [4.69, 9.17) is 0 Å². The average Bonchev–Trinajstić information content (AvgIpc) is 2.68. The normalized spacial score (nSPS) is 17.4. The molecule has 0 atom stereocenters. The standard InChI is InChI=1S/C13H23N3S/c1-4-16(9-12-5-7-14-8-6-12)13-15-10(2)11(3)17-13/h12,14H,4-9H2,1-3H3. The van der Waals surface area contributed by atoms with Crippen molar-refractivity contribution in [3.63, 3.8) is 0 Å². The van der Waals surface area contributed by atoms with E-state index in [0.717, 1.165) is 12.5 Å². The van der Waals surface area contributed by atoms with Gasteiger partial charge in [-0.3, -0.25) is 0 Å². The molecule has 0 spiro atoms. The van der Waals surface area contributed by atoms with Gasteiger partial charge in [0.05, 0.1) is 5.69 Å². The highest BCUT2D eigenvalue weighted by Gasteiger charge is 2.18. The molecule has 0 radical (unpaired) electrons. The summed E-state index contributed by atoms with van der Waals surface area (Å²) in [6, 6.07) is 0. The summed E-state index contributed by atoms with van der Waals surface area (Å²) in [5, 5.41) is 4.64. The quantitative estimate of drug-likeness (QED) is 0.894. The predicted octanol–water partition coefficient (Wildman–Crippen LogP) is 2.59. The van der Waals surface area contributed by atoms with Crippen LogP contribution in [0.1, 0.15) is 30.3 Å². The molecule has 1 saturated heterocycles.